The van der Waals surface area contributed by atoms with Crippen LogP contribution < -0.4 is 36.1 Å². The Morgan fingerprint density at radius 3 is 1.61 bits per heavy atom. The molecule has 302 valence electrons. The van der Waals surface area contributed by atoms with Gasteiger partial charge in [0.05, 0.1) is 37.7 Å². The van der Waals surface area contributed by atoms with Gasteiger partial charge in [0, 0.05) is 28.1 Å². The fourth-order valence-corrected chi connectivity index (χ4v) is 5.49. The van der Waals surface area contributed by atoms with Crippen LogP contribution in [0, 0.1) is 0 Å². The van der Waals surface area contributed by atoms with E-state index in [4.69, 9.17) is 9.47 Å². The van der Waals surface area contributed by atoms with Crippen molar-refractivity contribution in [3.63, 3.8) is 0 Å². The van der Waals surface area contributed by atoms with Gasteiger partial charge in [0.15, 0.2) is 23.0 Å². The molecule has 0 atom stereocenters. The molecule has 0 radical (unpaired) electrons. The van der Waals surface area contributed by atoms with E-state index in [0.717, 1.165) is 11.6 Å². The second kappa shape index (κ2) is 18.5. The monoisotopic (exact) mass is 803 g/mol. The summed E-state index contributed by atoms with van der Waals surface area (Å²) in [5.74, 6) is -6.15. The number of carbonyl (C=O) groups excluding carboxylic acids is 5. The summed E-state index contributed by atoms with van der Waals surface area (Å²) in [6.07, 6.45) is 1.66. The molecule has 17 nitrogen and oxygen atoms in total. The second-order valence-electron chi connectivity index (χ2n) is 12.6. The van der Waals surface area contributed by atoms with Crippen LogP contribution in [-0.2, 0) is 9.59 Å². The van der Waals surface area contributed by atoms with Gasteiger partial charge in [-0.1, -0.05) is 12.1 Å². The van der Waals surface area contributed by atoms with Crippen molar-refractivity contribution in [2.45, 2.75) is 6.92 Å². The number of aromatic hydroxyl groups is 3. The third-order valence-electron chi connectivity index (χ3n) is 8.52. The summed E-state index contributed by atoms with van der Waals surface area (Å²) in [6, 6.07) is 23.0. The molecule has 0 unspecified atom stereocenters. The zero-order valence-electron chi connectivity index (χ0n) is 31.6. The molecule has 0 aliphatic carbocycles. The Morgan fingerprint density at radius 2 is 1.07 bits per heavy atom. The maximum Gasteiger partial charge on any atom is 0.339 e. The predicted molar refractivity (Wildman–Crippen MR) is 216 cm³/mol. The van der Waals surface area contributed by atoms with Crippen LogP contribution in [0.4, 0.5) is 22.7 Å². The zero-order chi connectivity index (χ0) is 42.8. The minimum atomic E-state index is -1.42. The van der Waals surface area contributed by atoms with Crippen LogP contribution in [0.25, 0.3) is 6.08 Å². The number of aromatic carboxylic acids is 1. The Balaban J connectivity index is 1.12. The Kier molecular flexibility index (Phi) is 13.1. The smallest absolute Gasteiger partial charge is 0.339 e. The van der Waals surface area contributed by atoms with E-state index in [-0.39, 0.29) is 57.8 Å². The molecule has 0 bridgehead atoms. The molecule has 0 saturated carbocycles. The average Bonchev–Trinajstić information content (AvgIpc) is 3.21. The zero-order valence-corrected chi connectivity index (χ0v) is 31.6. The van der Waals surface area contributed by atoms with Gasteiger partial charge < -0.3 is 56.5 Å². The van der Waals surface area contributed by atoms with E-state index in [0.29, 0.717) is 16.9 Å². The molecular formula is C42H37N5O12. The number of anilines is 4. The quantitative estimate of drug-likeness (QED) is 0.0637. The van der Waals surface area contributed by atoms with Crippen LogP contribution in [0.3, 0.4) is 0 Å². The molecule has 0 aromatic heterocycles. The number of phenols is 3. The number of hydrogen-bond donors (Lipinski definition) is 9. The number of carbonyl (C=O) groups is 6. The lowest BCUT2D eigenvalue weighted by atomic mass is 10.1. The Bertz CT molecular complexity index is 2460. The Morgan fingerprint density at radius 1 is 0.576 bits per heavy atom. The molecule has 0 aliphatic heterocycles. The molecule has 5 aromatic carbocycles. The van der Waals surface area contributed by atoms with Crippen molar-refractivity contribution in [1.82, 2.24) is 5.32 Å². The number of rotatable bonds is 14. The van der Waals surface area contributed by atoms with Crippen molar-refractivity contribution >= 4 is 64.3 Å². The van der Waals surface area contributed by atoms with Crippen molar-refractivity contribution < 1.29 is 58.7 Å². The average molecular weight is 804 g/mol. The van der Waals surface area contributed by atoms with E-state index in [1.807, 2.05) is 0 Å². The highest BCUT2D eigenvalue weighted by Crippen LogP contribution is 2.40. The third kappa shape index (κ3) is 10.3. The van der Waals surface area contributed by atoms with Gasteiger partial charge in [-0.25, -0.2) is 4.79 Å². The minimum Gasteiger partial charge on any atom is -0.508 e. The number of carboxylic acid groups (broad SMARTS) is 1. The molecule has 59 heavy (non-hydrogen) atoms. The molecular weight excluding hydrogens is 766 g/mol. The third-order valence-corrected chi connectivity index (χ3v) is 8.52. The van der Waals surface area contributed by atoms with Crippen molar-refractivity contribution in [1.29, 1.82) is 0 Å². The molecule has 0 heterocycles. The van der Waals surface area contributed by atoms with Gasteiger partial charge in [0.25, 0.3) is 23.6 Å². The van der Waals surface area contributed by atoms with Gasteiger partial charge in [0.1, 0.15) is 11.3 Å². The SMILES string of the molecule is COc1c(NC(=O)c2ccc(NC(=O)c3ccc(NC(=O)CNC(=O)c4ccc(NC(=O)/C(C)=C/c5ccc(O)cc5)cc4)cc3)c(OC)c2O)ccc(C(=O)O)c1O. The van der Waals surface area contributed by atoms with Gasteiger partial charge in [-0.3, -0.25) is 24.0 Å². The first-order valence-electron chi connectivity index (χ1n) is 17.4. The first-order valence-corrected chi connectivity index (χ1v) is 17.4. The minimum absolute atomic E-state index is 0.00863. The van der Waals surface area contributed by atoms with E-state index in [2.05, 4.69) is 26.6 Å². The van der Waals surface area contributed by atoms with Crippen molar-refractivity contribution in [3.8, 4) is 28.7 Å². The summed E-state index contributed by atoms with van der Waals surface area (Å²) in [5.41, 5.74) is 1.52. The number of hydrogen-bond acceptors (Lipinski definition) is 11. The number of phenolic OH excluding ortho intramolecular Hbond substituents is 2. The summed E-state index contributed by atoms with van der Waals surface area (Å²) in [5, 5.41) is 52.7. The number of methoxy groups -OCH3 is 2. The number of carboxylic acids is 1. The molecule has 5 rings (SSSR count). The lowest BCUT2D eigenvalue weighted by molar-refractivity contribution is -0.115. The van der Waals surface area contributed by atoms with Crippen molar-refractivity contribution in [2.75, 3.05) is 42.0 Å². The normalized spacial score (nSPS) is 10.8. The van der Waals surface area contributed by atoms with E-state index >= 15 is 0 Å². The van der Waals surface area contributed by atoms with E-state index in [1.54, 1.807) is 37.3 Å². The number of ether oxygens (including phenoxy) is 2. The summed E-state index contributed by atoms with van der Waals surface area (Å²) >= 11 is 0. The van der Waals surface area contributed by atoms with Crippen LogP contribution in [0.1, 0.15) is 53.9 Å². The molecule has 0 aliphatic rings. The number of amides is 5. The number of nitrogens with one attached hydrogen (secondary N) is 5. The van der Waals surface area contributed by atoms with Crippen LogP contribution in [0.15, 0.2) is 103 Å². The van der Waals surface area contributed by atoms with Crippen LogP contribution in [0.5, 0.6) is 28.7 Å². The molecule has 5 aromatic rings. The molecule has 0 saturated heterocycles. The largest absolute Gasteiger partial charge is 0.508 e. The fraction of sp³-hybridized carbons (Fsp3) is 0.0952. The van der Waals surface area contributed by atoms with Crippen molar-refractivity contribution in [2.24, 2.45) is 0 Å². The van der Waals surface area contributed by atoms with Gasteiger partial charge in [-0.2, -0.15) is 0 Å². The number of benzene rings is 5. The standard InChI is InChI=1S/C42H37N5O12/c1-22(20-23-4-14-28(48)15-5-23)38(52)45-27-12-6-24(7-13-27)39(53)43-21-33(49)44-26-10-8-25(9-11-26)40(54)46-31-18-16-29(34(50)36(31)58-2)41(55)47-32-19-17-30(42(56)57)35(51)37(32)59-3/h4-20,48,50-51H,21H2,1-3H3,(H,43,53)(H,44,49)(H,45,52)(H,46,54)(H,47,55)(H,56,57)/b22-20+. The molecule has 17 heteroatoms. The van der Waals surface area contributed by atoms with Crippen molar-refractivity contribution in [3.05, 3.63) is 130 Å². The van der Waals surface area contributed by atoms with E-state index in [9.17, 15) is 49.2 Å². The maximum absolute atomic E-state index is 13.1. The molecule has 5 amide bonds. The summed E-state index contributed by atoms with van der Waals surface area (Å²) < 4.78 is 10.3. The lowest BCUT2D eigenvalue weighted by Gasteiger charge is -2.16. The summed E-state index contributed by atoms with van der Waals surface area (Å²) in [6.45, 7) is 1.27. The maximum atomic E-state index is 13.1. The topological polar surface area (TPSA) is 262 Å². The van der Waals surface area contributed by atoms with E-state index < -0.39 is 46.7 Å². The first kappa shape index (κ1) is 41.8. The van der Waals surface area contributed by atoms with E-state index in [1.165, 1.54) is 80.9 Å². The van der Waals surface area contributed by atoms with Gasteiger partial charge in [-0.05, 0) is 103 Å². The molecule has 0 fully saturated rings. The van der Waals surface area contributed by atoms with Crippen LogP contribution in [0.2, 0.25) is 0 Å². The highest BCUT2D eigenvalue weighted by molar-refractivity contribution is 6.10. The highest BCUT2D eigenvalue weighted by atomic mass is 16.5. The predicted octanol–water partition coefficient (Wildman–Crippen LogP) is 5.43. The summed E-state index contributed by atoms with van der Waals surface area (Å²) in [4.78, 5) is 75.3. The first-order chi connectivity index (χ1) is 28.2. The Hall–Kier alpha value is -8.34. The van der Waals surface area contributed by atoms with Gasteiger partial charge >= 0.3 is 5.97 Å². The van der Waals surface area contributed by atoms with Gasteiger partial charge in [0.2, 0.25) is 5.91 Å². The summed E-state index contributed by atoms with van der Waals surface area (Å²) in [7, 11) is 2.37. The fourth-order valence-electron chi connectivity index (χ4n) is 5.49. The Labute approximate surface area is 335 Å². The lowest BCUT2D eigenvalue weighted by Crippen LogP contribution is -2.32. The highest BCUT2D eigenvalue weighted by Gasteiger charge is 2.24. The van der Waals surface area contributed by atoms with Crippen LogP contribution in [-0.4, -0.2) is 76.7 Å². The van der Waals surface area contributed by atoms with Gasteiger partial charge in [-0.15, -0.1) is 0 Å². The van der Waals surface area contributed by atoms with Crippen LogP contribution >= 0.6 is 0 Å². The second-order valence-corrected chi connectivity index (χ2v) is 12.6. The molecule has 0 spiro atoms. The molecule has 9 N–H and O–H groups in total.